The second kappa shape index (κ2) is 3.91. The number of anilines is 1. The molecule has 5 heteroatoms. The van der Waals surface area contributed by atoms with Gasteiger partial charge in [-0.15, -0.1) is 0 Å². The Morgan fingerprint density at radius 2 is 2.12 bits per heavy atom. The Bertz CT molecular complexity index is 621. The van der Waals surface area contributed by atoms with E-state index in [9.17, 15) is 4.79 Å². The van der Waals surface area contributed by atoms with Crippen LogP contribution in [0.1, 0.15) is 19.5 Å². The maximum Gasteiger partial charge on any atom is 0.264 e. The highest BCUT2D eigenvalue weighted by Crippen LogP contribution is 2.17. The monoisotopic (exact) mass is 234 g/mol. The molecule has 0 atom stereocenters. The lowest BCUT2D eigenvalue weighted by atomic mass is 10.2. The Morgan fingerprint density at radius 1 is 1.47 bits per heavy atom. The number of fused-ring (bicyclic) bond motifs is 1. The van der Waals surface area contributed by atoms with Crippen molar-refractivity contribution in [2.45, 2.75) is 27.3 Å². The van der Waals surface area contributed by atoms with Gasteiger partial charge in [0.2, 0.25) is 0 Å². The van der Waals surface area contributed by atoms with Crippen LogP contribution in [0.25, 0.3) is 10.9 Å². The summed E-state index contributed by atoms with van der Waals surface area (Å²) in [6, 6.07) is 1.96. The molecule has 0 unspecified atom stereocenters. The number of nitrogens with two attached hydrogens (primary N) is 1. The Balaban J connectivity index is 2.79. The number of nitrogen functional groups attached to an aromatic ring is 1. The van der Waals surface area contributed by atoms with Crippen molar-refractivity contribution in [2.24, 2.45) is 13.0 Å². The standard InChI is InChI=1S/C12H18N4O/c1-7(2)6-16-8(3)5-9-10(12(16)17)11(13)14-15(9)4/h5,7H,6H2,1-4H3,(H2,13,14). The third-order valence-electron chi connectivity index (χ3n) is 2.90. The second-order valence-electron chi connectivity index (χ2n) is 4.86. The number of aryl methyl sites for hydroxylation is 2. The predicted molar refractivity (Wildman–Crippen MR) is 69.0 cm³/mol. The maximum atomic E-state index is 12.3. The van der Waals surface area contributed by atoms with E-state index in [4.69, 9.17) is 5.73 Å². The van der Waals surface area contributed by atoms with E-state index in [0.717, 1.165) is 11.2 Å². The van der Waals surface area contributed by atoms with Crippen LogP contribution >= 0.6 is 0 Å². The molecule has 0 saturated carbocycles. The first kappa shape index (κ1) is 11.7. The first-order chi connectivity index (χ1) is 7.91. The van der Waals surface area contributed by atoms with E-state index in [2.05, 4.69) is 18.9 Å². The average Bonchev–Trinajstić information content (AvgIpc) is 2.48. The fraction of sp³-hybridized carbons (Fsp3) is 0.500. The lowest BCUT2D eigenvalue weighted by molar-refractivity contribution is 0.504. The van der Waals surface area contributed by atoms with Crippen LogP contribution in [0.15, 0.2) is 10.9 Å². The number of rotatable bonds is 2. The normalized spacial score (nSPS) is 11.6. The number of hydrogen-bond acceptors (Lipinski definition) is 3. The minimum atomic E-state index is -0.0423. The molecule has 0 saturated heterocycles. The molecule has 2 aromatic heterocycles. The lowest BCUT2D eigenvalue weighted by Gasteiger charge is -2.12. The Kier molecular flexibility index (Phi) is 2.69. The van der Waals surface area contributed by atoms with Crippen LogP contribution in [0.3, 0.4) is 0 Å². The molecule has 0 spiro atoms. The molecule has 2 rings (SSSR count). The molecular formula is C12H18N4O. The molecule has 5 nitrogen and oxygen atoms in total. The quantitative estimate of drug-likeness (QED) is 0.851. The lowest BCUT2D eigenvalue weighted by Crippen LogP contribution is -2.24. The van der Waals surface area contributed by atoms with Gasteiger partial charge < -0.3 is 10.3 Å². The van der Waals surface area contributed by atoms with Gasteiger partial charge in [0, 0.05) is 19.3 Å². The van der Waals surface area contributed by atoms with Gasteiger partial charge in [-0.25, -0.2) is 0 Å². The van der Waals surface area contributed by atoms with Crippen molar-refractivity contribution >= 4 is 16.7 Å². The van der Waals surface area contributed by atoms with Gasteiger partial charge >= 0.3 is 0 Å². The third-order valence-corrected chi connectivity index (χ3v) is 2.90. The topological polar surface area (TPSA) is 65.8 Å². The van der Waals surface area contributed by atoms with Crippen LogP contribution in [0.4, 0.5) is 5.82 Å². The molecule has 0 aromatic carbocycles. The van der Waals surface area contributed by atoms with Crippen LogP contribution in [0.2, 0.25) is 0 Å². The minimum Gasteiger partial charge on any atom is -0.382 e. The fourth-order valence-corrected chi connectivity index (χ4v) is 2.11. The van der Waals surface area contributed by atoms with Crippen molar-refractivity contribution in [1.82, 2.24) is 14.3 Å². The van der Waals surface area contributed by atoms with Crippen LogP contribution in [0, 0.1) is 12.8 Å². The molecule has 0 aliphatic rings. The zero-order valence-corrected chi connectivity index (χ0v) is 10.7. The van der Waals surface area contributed by atoms with Gasteiger partial charge in [0.1, 0.15) is 5.39 Å². The summed E-state index contributed by atoms with van der Waals surface area (Å²) in [6.45, 7) is 6.81. The summed E-state index contributed by atoms with van der Waals surface area (Å²) < 4.78 is 3.42. The number of hydrogen-bond donors (Lipinski definition) is 1. The Hall–Kier alpha value is -1.78. The molecule has 0 aliphatic heterocycles. The zero-order valence-electron chi connectivity index (χ0n) is 10.7. The van der Waals surface area contributed by atoms with Crippen molar-refractivity contribution in [2.75, 3.05) is 5.73 Å². The molecule has 17 heavy (non-hydrogen) atoms. The van der Waals surface area contributed by atoms with Crippen LogP contribution in [-0.2, 0) is 13.6 Å². The molecule has 0 radical (unpaired) electrons. The summed E-state index contributed by atoms with van der Waals surface area (Å²) in [6.07, 6.45) is 0. The molecule has 2 heterocycles. The second-order valence-corrected chi connectivity index (χ2v) is 4.86. The number of nitrogens with zero attached hydrogens (tertiary/aromatic N) is 3. The summed E-state index contributed by atoms with van der Waals surface area (Å²) in [4.78, 5) is 12.3. The molecule has 0 fully saturated rings. The van der Waals surface area contributed by atoms with E-state index in [-0.39, 0.29) is 5.56 Å². The highest BCUT2D eigenvalue weighted by molar-refractivity contribution is 5.88. The van der Waals surface area contributed by atoms with Crippen molar-refractivity contribution in [3.8, 4) is 0 Å². The summed E-state index contributed by atoms with van der Waals surface area (Å²) in [7, 11) is 1.80. The smallest absolute Gasteiger partial charge is 0.264 e. The highest BCUT2D eigenvalue weighted by atomic mass is 16.1. The van der Waals surface area contributed by atoms with Crippen LogP contribution in [0.5, 0.6) is 0 Å². The molecule has 2 N–H and O–H groups in total. The molecule has 92 valence electrons. The summed E-state index contributed by atoms with van der Waals surface area (Å²) >= 11 is 0. The first-order valence-electron chi connectivity index (χ1n) is 5.74. The van der Waals surface area contributed by atoms with Gasteiger partial charge in [-0.05, 0) is 18.9 Å². The molecule has 0 bridgehead atoms. The van der Waals surface area contributed by atoms with Crippen molar-refractivity contribution < 1.29 is 0 Å². The first-order valence-corrected chi connectivity index (χ1v) is 5.74. The predicted octanol–water partition coefficient (Wildman–Crippen LogP) is 1.28. The molecule has 0 aliphatic carbocycles. The minimum absolute atomic E-state index is 0.0423. The van der Waals surface area contributed by atoms with Crippen molar-refractivity contribution in [3.05, 3.63) is 22.1 Å². The van der Waals surface area contributed by atoms with E-state index >= 15 is 0 Å². The summed E-state index contributed by atoms with van der Waals surface area (Å²) in [5, 5.41) is 4.62. The Labute approximate surface area is 99.8 Å². The summed E-state index contributed by atoms with van der Waals surface area (Å²) in [5.74, 6) is 0.728. The zero-order chi connectivity index (χ0) is 12.7. The van der Waals surface area contributed by atoms with Crippen LogP contribution in [-0.4, -0.2) is 14.3 Å². The van der Waals surface area contributed by atoms with Gasteiger partial charge in [0.15, 0.2) is 5.82 Å². The van der Waals surface area contributed by atoms with Crippen molar-refractivity contribution in [1.29, 1.82) is 0 Å². The van der Waals surface area contributed by atoms with Crippen LogP contribution < -0.4 is 11.3 Å². The fourth-order valence-electron chi connectivity index (χ4n) is 2.11. The van der Waals surface area contributed by atoms with Gasteiger partial charge in [-0.1, -0.05) is 13.8 Å². The maximum absolute atomic E-state index is 12.3. The molecular weight excluding hydrogens is 216 g/mol. The Morgan fingerprint density at radius 3 is 2.71 bits per heavy atom. The van der Waals surface area contributed by atoms with E-state index in [1.54, 1.807) is 16.3 Å². The highest BCUT2D eigenvalue weighted by Gasteiger charge is 2.14. The van der Waals surface area contributed by atoms with E-state index < -0.39 is 0 Å². The van der Waals surface area contributed by atoms with E-state index in [1.807, 2.05) is 13.0 Å². The van der Waals surface area contributed by atoms with Gasteiger partial charge in [0.05, 0.1) is 5.52 Å². The van der Waals surface area contributed by atoms with Gasteiger partial charge in [0.25, 0.3) is 5.56 Å². The van der Waals surface area contributed by atoms with Crippen molar-refractivity contribution in [3.63, 3.8) is 0 Å². The average molecular weight is 234 g/mol. The number of pyridine rings is 1. The largest absolute Gasteiger partial charge is 0.382 e. The van der Waals surface area contributed by atoms with Gasteiger partial charge in [-0.3, -0.25) is 9.48 Å². The van der Waals surface area contributed by atoms with E-state index in [0.29, 0.717) is 23.7 Å². The molecule has 0 amide bonds. The SMILES string of the molecule is Cc1cc2c(c(N)nn2C)c(=O)n1CC(C)C. The molecule has 2 aromatic rings. The van der Waals surface area contributed by atoms with Gasteiger partial charge in [-0.2, -0.15) is 5.10 Å². The van der Waals surface area contributed by atoms with E-state index in [1.165, 1.54) is 0 Å². The number of aromatic nitrogens is 3. The summed E-state index contributed by atoms with van der Waals surface area (Å²) in [5.41, 5.74) is 7.48. The third kappa shape index (κ3) is 1.81.